The van der Waals surface area contributed by atoms with Gasteiger partial charge in [-0.3, -0.25) is 4.90 Å². The number of ether oxygens (including phenoxy) is 2. The van der Waals surface area contributed by atoms with E-state index in [2.05, 4.69) is 15.0 Å². The molecular weight excluding hydrogens is 395 g/mol. The molecule has 1 N–H and O–H groups in total. The fourth-order valence-electron chi connectivity index (χ4n) is 4.20. The number of thiazole rings is 1. The first-order valence-electron chi connectivity index (χ1n) is 9.93. The zero-order valence-electron chi connectivity index (χ0n) is 16.2. The van der Waals surface area contributed by atoms with Gasteiger partial charge in [0.15, 0.2) is 11.6 Å². The summed E-state index contributed by atoms with van der Waals surface area (Å²) in [4.78, 5) is 8.21. The second-order valence-corrected chi connectivity index (χ2v) is 8.47. The Bertz CT molecular complexity index is 1000. The van der Waals surface area contributed by atoms with Crippen LogP contribution in [0.3, 0.4) is 0 Å². The van der Waals surface area contributed by atoms with Gasteiger partial charge in [-0.25, -0.2) is 9.37 Å². The first-order chi connectivity index (χ1) is 14.1. The second-order valence-electron chi connectivity index (χ2n) is 7.46. The lowest BCUT2D eigenvalue weighted by atomic mass is 9.97. The third kappa shape index (κ3) is 3.31. The summed E-state index contributed by atoms with van der Waals surface area (Å²) in [6.07, 6.45) is 2.22. The van der Waals surface area contributed by atoms with Gasteiger partial charge in [0.2, 0.25) is 10.8 Å². The number of hydrogen-bond donors (Lipinski definition) is 1. The highest BCUT2D eigenvalue weighted by atomic mass is 32.1. The lowest BCUT2D eigenvalue weighted by molar-refractivity contribution is -0.187. The summed E-state index contributed by atoms with van der Waals surface area (Å²) < 4.78 is 26.8. The molecule has 0 aliphatic carbocycles. The van der Waals surface area contributed by atoms with E-state index in [1.807, 2.05) is 6.92 Å². The van der Waals surface area contributed by atoms with Crippen molar-refractivity contribution >= 4 is 16.3 Å². The van der Waals surface area contributed by atoms with Crippen molar-refractivity contribution < 1.29 is 19.0 Å². The minimum atomic E-state index is -0.479. The van der Waals surface area contributed by atoms with Crippen LogP contribution in [-0.2, 0) is 15.9 Å². The summed E-state index contributed by atoms with van der Waals surface area (Å²) in [7, 11) is 0. The van der Waals surface area contributed by atoms with E-state index in [1.54, 1.807) is 12.1 Å². The molecule has 29 heavy (non-hydrogen) atoms. The summed E-state index contributed by atoms with van der Waals surface area (Å²) >= 11 is 1.43. The monoisotopic (exact) mass is 418 g/mol. The SMILES string of the molecule is CCc1nc2sc(C(c3ccc(F)cc3)N3CCC4(CC3)OCCO4)c(O)n2n1. The van der Waals surface area contributed by atoms with Gasteiger partial charge in [0, 0.05) is 32.4 Å². The molecule has 2 saturated heterocycles. The molecule has 2 aromatic heterocycles. The maximum absolute atomic E-state index is 13.6. The van der Waals surface area contributed by atoms with Crippen LogP contribution in [0.2, 0.25) is 0 Å². The van der Waals surface area contributed by atoms with E-state index in [9.17, 15) is 9.50 Å². The molecule has 0 saturated carbocycles. The Morgan fingerprint density at radius 3 is 2.52 bits per heavy atom. The lowest BCUT2D eigenvalue weighted by Crippen LogP contribution is -2.46. The predicted octanol–water partition coefficient (Wildman–Crippen LogP) is 3.13. The van der Waals surface area contributed by atoms with Crippen LogP contribution in [0.1, 0.15) is 42.1 Å². The average molecular weight is 418 g/mol. The van der Waals surface area contributed by atoms with E-state index in [0.717, 1.165) is 36.4 Å². The Hall–Kier alpha value is -2.07. The summed E-state index contributed by atoms with van der Waals surface area (Å²) in [5, 5.41) is 15.3. The molecule has 1 spiro atoms. The van der Waals surface area contributed by atoms with Gasteiger partial charge in [-0.05, 0) is 17.7 Å². The van der Waals surface area contributed by atoms with Gasteiger partial charge in [-0.15, -0.1) is 5.10 Å². The number of nitrogens with zero attached hydrogens (tertiary/aromatic N) is 4. The zero-order valence-corrected chi connectivity index (χ0v) is 17.0. The predicted molar refractivity (Wildman–Crippen MR) is 106 cm³/mol. The van der Waals surface area contributed by atoms with E-state index in [0.29, 0.717) is 30.4 Å². The van der Waals surface area contributed by atoms with Crippen molar-refractivity contribution in [3.63, 3.8) is 0 Å². The Labute approximate surface area is 171 Å². The number of aromatic nitrogens is 3. The summed E-state index contributed by atoms with van der Waals surface area (Å²) in [6.45, 7) is 4.74. The van der Waals surface area contributed by atoms with Gasteiger partial charge in [0.1, 0.15) is 5.82 Å². The maximum atomic E-state index is 13.6. The molecule has 3 aromatic rings. The Kier molecular flexibility index (Phi) is 4.78. The van der Waals surface area contributed by atoms with E-state index in [4.69, 9.17) is 9.47 Å². The molecule has 4 heterocycles. The summed E-state index contributed by atoms with van der Waals surface area (Å²) in [5.41, 5.74) is 0.922. The van der Waals surface area contributed by atoms with Crippen LogP contribution in [-0.4, -0.2) is 56.7 Å². The van der Waals surface area contributed by atoms with E-state index in [1.165, 1.54) is 28.0 Å². The van der Waals surface area contributed by atoms with Gasteiger partial charge in [-0.1, -0.05) is 30.4 Å². The average Bonchev–Trinajstić information content (AvgIpc) is 3.43. The molecule has 2 aliphatic heterocycles. The highest BCUT2D eigenvalue weighted by molar-refractivity contribution is 7.17. The number of fused-ring (bicyclic) bond motifs is 1. The number of benzene rings is 1. The molecule has 1 aromatic carbocycles. The molecule has 2 aliphatic rings. The molecule has 2 fully saturated rings. The molecule has 0 bridgehead atoms. The van der Waals surface area contributed by atoms with Crippen LogP contribution in [0.25, 0.3) is 4.96 Å². The Balaban J connectivity index is 1.52. The quantitative estimate of drug-likeness (QED) is 0.702. The van der Waals surface area contributed by atoms with E-state index < -0.39 is 5.79 Å². The van der Waals surface area contributed by atoms with Crippen LogP contribution < -0.4 is 0 Å². The standard InChI is InChI=1S/C20H23FN4O3S/c1-2-15-22-19-25(23-15)18(26)17(29-19)16(13-3-5-14(21)6-4-13)24-9-7-20(8-10-24)27-11-12-28-20/h3-6,16,26H,2,7-12H2,1H3. The third-order valence-corrected chi connectivity index (χ3v) is 6.80. The van der Waals surface area contributed by atoms with Gasteiger partial charge in [0.05, 0.1) is 24.1 Å². The fourth-order valence-corrected chi connectivity index (χ4v) is 5.34. The number of aryl methyl sites for hydroxylation is 1. The van der Waals surface area contributed by atoms with E-state index >= 15 is 0 Å². The van der Waals surface area contributed by atoms with Gasteiger partial charge >= 0.3 is 0 Å². The Morgan fingerprint density at radius 2 is 1.90 bits per heavy atom. The number of aromatic hydroxyl groups is 1. The number of hydrogen-bond acceptors (Lipinski definition) is 7. The van der Waals surface area contributed by atoms with Gasteiger partial charge in [0.25, 0.3) is 0 Å². The zero-order chi connectivity index (χ0) is 20.0. The fraction of sp³-hybridized carbons (Fsp3) is 0.500. The highest BCUT2D eigenvalue weighted by Crippen LogP contribution is 2.42. The van der Waals surface area contributed by atoms with Crippen LogP contribution in [0.5, 0.6) is 5.88 Å². The molecule has 1 atom stereocenters. The van der Waals surface area contributed by atoms with Crippen LogP contribution >= 0.6 is 11.3 Å². The van der Waals surface area contributed by atoms with Crippen molar-refractivity contribution in [2.45, 2.75) is 38.0 Å². The molecule has 5 rings (SSSR count). The lowest BCUT2D eigenvalue weighted by Gasteiger charge is -2.41. The second kappa shape index (κ2) is 7.32. The topological polar surface area (TPSA) is 72.1 Å². The number of rotatable bonds is 4. The molecule has 154 valence electrons. The van der Waals surface area contributed by atoms with Gasteiger partial charge in [-0.2, -0.15) is 4.52 Å². The molecule has 0 radical (unpaired) electrons. The first kappa shape index (κ1) is 18.9. The van der Waals surface area contributed by atoms with Crippen molar-refractivity contribution in [2.75, 3.05) is 26.3 Å². The molecule has 1 unspecified atom stereocenters. The third-order valence-electron chi connectivity index (χ3n) is 5.73. The number of halogens is 1. The minimum Gasteiger partial charge on any atom is -0.492 e. The summed E-state index contributed by atoms with van der Waals surface area (Å²) in [5.74, 6) is 0.0393. The van der Waals surface area contributed by atoms with Crippen LogP contribution in [0.4, 0.5) is 4.39 Å². The molecule has 7 nitrogen and oxygen atoms in total. The number of piperidine rings is 1. The van der Waals surface area contributed by atoms with Crippen molar-refractivity contribution in [1.82, 2.24) is 19.5 Å². The molecular formula is C20H23FN4O3S. The first-order valence-corrected chi connectivity index (χ1v) is 10.7. The van der Waals surface area contributed by atoms with Crippen LogP contribution in [0, 0.1) is 5.82 Å². The maximum Gasteiger partial charge on any atom is 0.230 e. The van der Waals surface area contributed by atoms with Crippen molar-refractivity contribution in [3.05, 3.63) is 46.3 Å². The smallest absolute Gasteiger partial charge is 0.230 e. The summed E-state index contributed by atoms with van der Waals surface area (Å²) in [6, 6.07) is 6.26. The van der Waals surface area contributed by atoms with Gasteiger partial charge < -0.3 is 14.6 Å². The highest BCUT2D eigenvalue weighted by Gasteiger charge is 2.42. The largest absolute Gasteiger partial charge is 0.492 e. The minimum absolute atomic E-state index is 0.0974. The van der Waals surface area contributed by atoms with E-state index in [-0.39, 0.29) is 17.7 Å². The van der Waals surface area contributed by atoms with Crippen molar-refractivity contribution in [3.8, 4) is 5.88 Å². The Morgan fingerprint density at radius 1 is 1.21 bits per heavy atom. The van der Waals surface area contributed by atoms with Crippen molar-refractivity contribution in [2.24, 2.45) is 0 Å². The van der Waals surface area contributed by atoms with Crippen LogP contribution in [0.15, 0.2) is 24.3 Å². The molecule has 9 heteroatoms. The molecule has 0 amide bonds. The van der Waals surface area contributed by atoms with Crippen molar-refractivity contribution in [1.29, 1.82) is 0 Å². The normalized spacial score (nSPS) is 20.6. The number of likely N-dealkylation sites (tertiary alicyclic amines) is 1.